The van der Waals surface area contributed by atoms with Crippen LogP contribution in [-0.2, 0) is 21.2 Å². The smallest absolute Gasteiger partial charge is 0.243 e. The van der Waals surface area contributed by atoms with Crippen LogP contribution in [0, 0.1) is 5.92 Å². The Hall–Kier alpha value is -1.44. The van der Waals surface area contributed by atoms with Gasteiger partial charge in [-0.1, -0.05) is 45.2 Å². The monoisotopic (exact) mass is 421 g/mol. The number of carbonyl (C=O) groups excluding carboxylic acids is 1. The molecule has 0 bridgehead atoms. The average Bonchev–Trinajstić information content (AvgIpc) is 2.73. The van der Waals surface area contributed by atoms with Gasteiger partial charge in [-0.05, 0) is 42.9 Å². The normalized spacial score (nSPS) is 19.1. The summed E-state index contributed by atoms with van der Waals surface area (Å²) in [7, 11) is -3.71. The van der Waals surface area contributed by atoms with Crippen LogP contribution in [0.25, 0.3) is 0 Å². The van der Waals surface area contributed by atoms with Gasteiger partial charge in [0.25, 0.3) is 0 Å². The van der Waals surface area contributed by atoms with Crippen LogP contribution in [0.5, 0.6) is 0 Å². The number of piperazine rings is 1. The first-order valence-electron chi connectivity index (χ1n) is 11.0. The fourth-order valence-electron chi connectivity index (χ4n) is 4.33. The van der Waals surface area contributed by atoms with Gasteiger partial charge in [0.15, 0.2) is 0 Å². The molecule has 1 amide bonds. The van der Waals surface area contributed by atoms with Gasteiger partial charge in [0.05, 0.1) is 11.4 Å². The van der Waals surface area contributed by atoms with E-state index in [1.54, 1.807) is 17.0 Å². The summed E-state index contributed by atoms with van der Waals surface area (Å²) in [5.41, 5.74) is 1.14. The molecule has 1 N–H and O–H groups in total. The van der Waals surface area contributed by atoms with Gasteiger partial charge in [0.1, 0.15) is 0 Å². The molecule has 1 aliphatic carbocycles. The highest BCUT2D eigenvalue weighted by molar-refractivity contribution is 7.89. The molecule has 0 atom stereocenters. The molecule has 0 aromatic heterocycles. The second-order valence-electron chi connectivity index (χ2n) is 8.71. The quantitative estimate of drug-likeness (QED) is 0.735. The van der Waals surface area contributed by atoms with Gasteiger partial charge in [-0.2, -0.15) is 4.31 Å². The first-order chi connectivity index (χ1) is 13.9. The molecule has 0 radical (unpaired) electrons. The van der Waals surface area contributed by atoms with Crippen molar-refractivity contribution in [1.29, 1.82) is 0 Å². The fraction of sp³-hybridized carbons (Fsp3) is 0.682. The molecule has 1 aromatic rings. The van der Waals surface area contributed by atoms with Crippen LogP contribution < -0.4 is 5.32 Å². The van der Waals surface area contributed by atoms with Crippen molar-refractivity contribution in [3.8, 4) is 0 Å². The zero-order valence-electron chi connectivity index (χ0n) is 17.8. The van der Waals surface area contributed by atoms with Crippen molar-refractivity contribution in [1.82, 2.24) is 14.5 Å². The van der Waals surface area contributed by atoms with Crippen LogP contribution in [0.15, 0.2) is 29.2 Å². The van der Waals surface area contributed by atoms with Gasteiger partial charge >= 0.3 is 0 Å². The maximum Gasteiger partial charge on any atom is 0.243 e. The number of rotatable bonds is 7. The van der Waals surface area contributed by atoms with E-state index < -0.39 is 10.0 Å². The molecule has 1 aliphatic heterocycles. The summed E-state index contributed by atoms with van der Waals surface area (Å²) in [4.78, 5) is 15.0. The van der Waals surface area contributed by atoms with Gasteiger partial charge in [0, 0.05) is 32.2 Å². The fourth-order valence-corrected chi connectivity index (χ4v) is 5.97. The van der Waals surface area contributed by atoms with Gasteiger partial charge < -0.3 is 10.2 Å². The molecule has 1 saturated heterocycles. The number of hydrogen-bond acceptors (Lipinski definition) is 4. The Kier molecular flexibility index (Phi) is 7.71. The van der Waals surface area contributed by atoms with Crippen molar-refractivity contribution >= 4 is 15.9 Å². The third kappa shape index (κ3) is 5.80. The third-order valence-corrected chi connectivity index (χ3v) is 7.83. The van der Waals surface area contributed by atoms with Crippen molar-refractivity contribution in [3.63, 3.8) is 0 Å². The average molecular weight is 422 g/mol. The van der Waals surface area contributed by atoms with Gasteiger partial charge in [-0.25, -0.2) is 8.42 Å². The lowest BCUT2D eigenvalue weighted by atomic mass is 9.95. The molecule has 0 spiro atoms. The Morgan fingerprint density at radius 3 is 2.31 bits per heavy atom. The highest BCUT2D eigenvalue weighted by Crippen LogP contribution is 2.28. The third-order valence-electron chi connectivity index (χ3n) is 5.92. The lowest BCUT2D eigenvalue weighted by Crippen LogP contribution is -2.52. The predicted molar refractivity (Wildman–Crippen MR) is 115 cm³/mol. The summed E-state index contributed by atoms with van der Waals surface area (Å²) in [5, 5.41) is 3.24. The summed E-state index contributed by atoms with van der Waals surface area (Å²) >= 11 is 0. The summed E-state index contributed by atoms with van der Waals surface area (Å²) in [6.45, 7) is 7.05. The number of benzene rings is 1. The van der Waals surface area contributed by atoms with E-state index >= 15 is 0 Å². The van der Waals surface area contributed by atoms with Gasteiger partial charge in [-0.15, -0.1) is 0 Å². The SMILES string of the molecule is CC(C)Cc1ccc(S(=O)(=O)N(CC(=O)N2CCNCC2)C2CCCCC2)cc1. The zero-order valence-corrected chi connectivity index (χ0v) is 18.6. The van der Waals surface area contributed by atoms with E-state index in [0.29, 0.717) is 23.9 Å². The van der Waals surface area contributed by atoms with Crippen LogP contribution >= 0.6 is 0 Å². The Morgan fingerprint density at radius 2 is 1.72 bits per heavy atom. The molecule has 1 aromatic carbocycles. The summed E-state index contributed by atoms with van der Waals surface area (Å²) in [6.07, 6.45) is 5.77. The first kappa shape index (κ1) is 22.2. The van der Waals surface area contributed by atoms with Crippen LogP contribution in [0.3, 0.4) is 0 Å². The number of nitrogens with one attached hydrogen (secondary N) is 1. The molecule has 1 heterocycles. The molecule has 2 aliphatic rings. The number of nitrogens with zero attached hydrogens (tertiary/aromatic N) is 2. The summed E-state index contributed by atoms with van der Waals surface area (Å²) in [5.74, 6) is 0.435. The van der Waals surface area contributed by atoms with Crippen LogP contribution in [0.1, 0.15) is 51.5 Å². The second-order valence-corrected chi connectivity index (χ2v) is 10.6. The van der Waals surface area contributed by atoms with Crippen molar-refractivity contribution in [2.24, 2.45) is 5.92 Å². The molecular weight excluding hydrogens is 386 g/mol. The van der Waals surface area contributed by atoms with E-state index in [4.69, 9.17) is 0 Å². The van der Waals surface area contributed by atoms with E-state index in [9.17, 15) is 13.2 Å². The van der Waals surface area contributed by atoms with Crippen molar-refractivity contribution < 1.29 is 13.2 Å². The molecule has 1 saturated carbocycles. The molecule has 3 rings (SSSR count). The summed E-state index contributed by atoms with van der Waals surface area (Å²) in [6, 6.07) is 7.14. The van der Waals surface area contributed by atoms with Crippen molar-refractivity contribution in [2.75, 3.05) is 32.7 Å². The maximum atomic E-state index is 13.5. The van der Waals surface area contributed by atoms with Crippen molar-refractivity contribution in [2.45, 2.75) is 63.3 Å². The highest BCUT2D eigenvalue weighted by atomic mass is 32.2. The van der Waals surface area contributed by atoms with Crippen molar-refractivity contribution in [3.05, 3.63) is 29.8 Å². The number of amides is 1. The molecule has 29 heavy (non-hydrogen) atoms. The van der Waals surface area contributed by atoms with E-state index in [2.05, 4.69) is 19.2 Å². The minimum Gasteiger partial charge on any atom is -0.339 e. The summed E-state index contributed by atoms with van der Waals surface area (Å²) < 4.78 is 28.5. The molecule has 6 nitrogen and oxygen atoms in total. The highest BCUT2D eigenvalue weighted by Gasteiger charge is 2.35. The lowest BCUT2D eigenvalue weighted by Gasteiger charge is -2.35. The minimum atomic E-state index is -3.71. The van der Waals surface area contributed by atoms with E-state index in [0.717, 1.165) is 57.2 Å². The van der Waals surface area contributed by atoms with Crippen LogP contribution in [-0.4, -0.2) is 62.3 Å². The van der Waals surface area contributed by atoms with Gasteiger partial charge in [0.2, 0.25) is 15.9 Å². The van der Waals surface area contributed by atoms with E-state index in [1.807, 2.05) is 12.1 Å². The molecule has 0 unspecified atom stereocenters. The molecule has 162 valence electrons. The number of carbonyl (C=O) groups is 1. The van der Waals surface area contributed by atoms with E-state index in [1.165, 1.54) is 4.31 Å². The largest absolute Gasteiger partial charge is 0.339 e. The second kappa shape index (κ2) is 10.0. The maximum absolute atomic E-state index is 13.5. The Bertz CT molecular complexity index is 765. The molecule has 7 heteroatoms. The Balaban J connectivity index is 1.82. The topological polar surface area (TPSA) is 69.7 Å². The zero-order chi connectivity index (χ0) is 20.9. The van der Waals surface area contributed by atoms with Crippen LogP contribution in [0.4, 0.5) is 0 Å². The standard InChI is InChI=1S/C22H35N3O3S/c1-18(2)16-19-8-10-21(11-9-19)29(27,28)25(20-6-4-3-5-7-20)17-22(26)24-14-12-23-13-15-24/h8-11,18,20,23H,3-7,12-17H2,1-2H3. The minimum absolute atomic E-state index is 0.0548. The predicted octanol–water partition coefficient (Wildman–Crippen LogP) is 2.64. The Labute approximate surface area is 175 Å². The van der Waals surface area contributed by atoms with Crippen LogP contribution in [0.2, 0.25) is 0 Å². The first-order valence-corrected chi connectivity index (χ1v) is 12.4. The van der Waals surface area contributed by atoms with Gasteiger partial charge in [-0.3, -0.25) is 4.79 Å². The number of hydrogen-bond donors (Lipinski definition) is 1. The molecular formula is C22H35N3O3S. The lowest BCUT2D eigenvalue weighted by molar-refractivity contribution is -0.132. The molecule has 2 fully saturated rings. The Morgan fingerprint density at radius 1 is 1.10 bits per heavy atom. The number of sulfonamides is 1. The van der Waals surface area contributed by atoms with E-state index in [-0.39, 0.29) is 18.5 Å².